The molecule has 2 heterocycles. The molecule has 31 heavy (non-hydrogen) atoms. The van der Waals surface area contributed by atoms with Crippen molar-refractivity contribution in [2.75, 3.05) is 53.2 Å². The Morgan fingerprint density at radius 1 is 0.871 bits per heavy atom. The Morgan fingerprint density at radius 2 is 1.48 bits per heavy atom. The maximum Gasteiger partial charge on any atom is 0.323 e. The highest BCUT2D eigenvalue weighted by atomic mass is 16.5. The van der Waals surface area contributed by atoms with Gasteiger partial charge in [-0.1, -0.05) is 18.2 Å². The fraction of sp³-hybridized carbons (Fsp3) is 0.261. The lowest BCUT2D eigenvalue weighted by Crippen LogP contribution is -2.47. The number of para-hydroxylation sites is 1. The molecule has 1 aliphatic rings. The van der Waals surface area contributed by atoms with Crippen LogP contribution in [0, 0.1) is 0 Å². The van der Waals surface area contributed by atoms with E-state index in [9.17, 15) is 4.79 Å². The van der Waals surface area contributed by atoms with Crippen LogP contribution < -0.4 is 25.2 Å². The highest BCUT2D eigenvalue weighted by Gasteiger charge is 2.19. The summed E-state index contributed by atoms with van der Waals surface area (Å²) in [6.07, 6.45) is 3.26. The Morgan fingerprint density at radius 3 is 2.13 bits per heavy atom. The largest absolute Gasteiger partial charge is 0.494 e. The van der Waals surface area contributed by atoms with Crippen LogP contribution >= 0.6 is 0 Å². The normalized spacial score (nSPS) is 13.6. The lowest BCUT2D eigenvalue weighted by Gasteiger charge is -2.36. The number of ether oxygens (including phenoxy) is 1. The number of benzene rings is 2. The van der Waals surface area contributed by atoms with Crippen LogP contribution in [-0.2, 0) is 0 Å². The third kappa shape index (κ3) is 5.42. The van der Waals surface area contributed by atoms with Crippen molar-refractivity contribution in [2.24, 2.45) is 0 Å². The minimum Gasteiger partial charge on any atom is -0.494 e. The van der Waals surface area contributed by atoms with Gasteiger partial charge < -0.3 is 25.2 Å². The quantitative estimate of drug-likeness (QED) is 0.633. The third-order valence-corrected chi connectivity index (χ3v) is 5.00. The van der Waals surface area contributed by atoms with Gasteiger partial charge in [0.2, 0.25) is 5.95 Å². The minimum atomic E-state index is -0.350. The number of urea groups is 1. The van der Waals surface area contributed by atoms with E-state index in [1.165, 1.54) is 5.69 Å². The number of hydrogen-bond donors (Lipinski definition) is 2. The van der Waals surface area contributed by atoms with Crippen LogP contribution in [0.2, 0.25) is 0 Å². The number of nitrogens with zero attached hydrogens (tertiary/aromatic N) is 4. The number of piperazine rings is 1. The molecule has 0 unspecified atom stereocenters. The zero-order valence-corrected chi connectivity index (χ0v) is 17.5. The highest BCUT2D eigenvalue weighted by Crippen LogP contribution is 2.19. The van der Waals surface area contributed by atoms with Crippen LogP contribution in [-0.4, -0.2) is 48.8 Å². The molecule has 0 spiro atoms. The van der Waals surface area contributed by atoms with E-state index in [-0.39, 0.29) is 6.03 Å². The number of hydrogen-bond acceptors (Lipinski definition) is 6. The molecule has 1 saturated heterocycles. The molecule has 1 aliphatic heterocycles. The standard InChI is InChI=1S/C23H26N6O2/c1-2-31-21-10-8-18(9-11-21)26-23(30)27-19-16-24-22(25-17-19)29-14-12-28(13-15-29)20-6-4-3-5-7-20/h3-11,16-17H,2,12-15H2,1H3,(H2,26,27,30). The molecule has 160 valence electrons. The van der Waals surface area contributed by atoms with Gasteiger partial charge in [-0.15, -0.1) is 0 Å². The van der Waals surface area contributed by atoms with E-state index in [4.69, 9.17) is 4.74 Å². The van der Waals surface area contributed by atoms with Crippen LogP contribution in [0.15, 0.2) is 67.0 Å². The van der Waals surface area contributed by atoms with Crippen LogP contribution in [0.4, 0.5) is 27.8 Å². The Labute approximate surface area is 181 Å². The summed E-state index contributed by atoms with van der Waals surface area (Å²) in [4.78, 5) is 25.6. The van der Waals surface area contributed by atoms with Gasteiger partial charge >= 0.3 is 6.03 Å². The highest BCUT2D eigenvalue weighted by molar-refractivity contribution is 5.99. The van der Waals surface area contributed by atoms with Crippen LogP contribution in [0.5, 0.6) is 5.75 Å². The third-order valence-electron chi connectivity index (χ3n) is 5.00. The molecular weight excluding hydrogens is 392 g/mol. The summed E-state index contributed by atoms with van der Waals surface area (Å²) < 4.78 is 5.40. The van der Waals surface area contributed by atoms with E-state index in [0.29, 0.717) is 23.9 Å². The summed E-state index contributed by atoms with van der Waals surface area (Å²) in [6, 6.07) is 17.3. The van der Waals surface area contributed by atoms with Gasteiger partial charge in [0.25, 0.3) is 0 Å². The molecule has 0 radical (unpaired) electrons. The van der Waals surface area contributed by atoms with Crippen LogP contribution in [0.25, 0.3) is 0 Å². The Balaban J connectivity index is 1.28. The monoisotopic (exact) mass is 418 g/mol. The smallest absolute Gasteiger partial charge is 0.323 e. The molecule has 8 nitrogen and oxygen atoms in total. The second-order valence-electron chi connectivity index (χ2n) is 7.12. The van der Waals surface area contributed by atoms with Gasteiger partial charge in [0.1, 0.15) is 5.75 Å². The van der Waals surface area contributed by atoms with Gasteiger partial charge in [0.05, 0.1) is 24.7 Å². The minimum absolute atomic E-state index is 0.350. The Bertz CT molecular complexity index is 971. The molecule has 4 rings (SSSR count). The average molecular weight is 419 g/mol. The zero-order valence-electron chi connectivity index (χ0n) is 17.5. The molecular formula is C23H26N6O2. The Hall–Kier alpha value is -3.81. The number of aromatic nitrogens is 2. The second kappa shape index (κ2) is 9.80. The number of rotatable bonds is 6. The summed E-state index contributed by atoms with van der Waals surface area (Å²) in [5, 5.41) is 5.54. The summed E-state index contributed by atoms with van der Waals surface area (Å²) >= 11 is 0. The molecule has 8 heteroatoms. The van der Waals surface area contributed by atoms with Crippen molar-refractivity contribution >= 4 is 29.0 Å². The van der Waals surface area contributed by atoms with Crippen molar-refractivity contribution in [3.05, 3.63) is 67.0 Å². The van der Waals surface area contributed by atoms with Gasteiger partial charge in [-0.05, 0) is 43.3 Å². The first-order valence-corrected chi connectivity index (χ1v) is 10.4. The van der Waals surface area contributed by atoms with E-state index in [1.807, 2.05) is 25.1 Å². The maximum absolute atomic E-state index is 12.2. The van der Waals surface area contributed by atoms with Gasteiger partial charge in [0, 0.05) is 37.6 Å². The predicted octanol–water partition coefficient (Wildman–Crippen LogP) is 3.85. The molecule has 0 saturated carbocycles. The summed E-state index contributed by atoms with van der Waals surface area (Å²) in [5.74, 6) is 1.44. The number of carbonyl (C=O) groups excluding carboxylic acids is 1. The topological polar surface area (TPSA) is 82.6 Å². The average Bonchev–Trinajstić information content (AvgIpc) is 2.82. The van der Waals surface area contributed by atoms with Crippen molar-refractivity contribution < 1.29 is 9.53 Å². The SMILES string of the molecule is CCOc1ccc(NC(=O)Nc2cnc(N3CCN(c4ccccc4)CC3)nc2)cc1. The van der Waals surface area contributed by atoms with Crippen molar-refractivity contribution in [3.8, 4) is 5.75 Å². The summed E-state index contributed by atoms with van der Waals surface area (Å²) in [6.45, 7) is 6.05. The lowest BCUT2D eigenvalue weighted by atomic mass is 10.2. The van der Waals surface area contributed by atoms with Crippen molar-refractivity contribution in [1.29, 1.82) is 0 Å². The molecule has 2 amide bonds. The van der Waals surface area contributed by atoms with Gasteiger partial charge in [-0.25, -0.2) is 14.8 Å². The summed E-state index contributed by atoms with van der Waals surface area (Å²) in [5.41, 5.74) is 2.45. The Kier molecular flexibility index (Phi) is 6.47. The fourth-order valence-electron chi connectivity index (χ4n) is 3.45. The van der Waals surface area contributed by atoms with E-state index < -0.39 is 0 Å². The van der Waals surface area contributed by atoms with E-state index in [0.717, 1.165) is 31.9 Å². The van der Waals surface area contributed by atoms with Gasteiger partial charge in [0.15, 0.2) is 0 Å². The lowest BCUT2D eigenvalue weighted by molar-refractivity contribution is 0.262. The summed E-state index contributed by atoms with van der Waals surface area (Å²) in [7, 11) is 0. The zero-order chi connectivity index (χ0) is 21.5. The molecule has 1 fully saturated rings. The van der Waals surface area contributed by atoms with Crippen molar-refractivity contribution in [3.63, 3.8) is 0 Å². The first kappa shape index (κ1) is 20.5. The molecule has 2 N–H and O–H groups in total. The van der Waals surface area contributed by atoms with Crippen molar-refractivity contribution in [1.82, 2.24) is 9.97 Å². The van der Waals surface area contributed by atoms with Crippen LogP contribution in [0.3, 0.4) is 0 Å². The second-order valence-corrected chi connectivity index (χ2v) is 7.12. The number of amides is 2. The van der Waals surface area contributed by atoms with Gasteiger partial charge in [-0.3, -0.25) is 0 Å². The first-order chi connectivity index (χ1) is 15.2. The molecule has 0 aliphatic carbocycles. The predicted molar refractivity (Wildman–Crippen MR) is 123 cm³/mol. The molecule has 0 bridgehead atoms. The van der Waals surface area contributed by atoms with Gasteiger partial charge in [-0.2, -0.15) is 0 Å². The van der Waals surface area contributed by atoms with E-state index in [2.05, 4.69) is 54.7 Å². The van der Waals surface area contributed by atoms with E-state index in [1.54, 1.807) is 24.5 Å². The van der Waals surface area contributed by atoms with Crippen molar-refractivity contribution in [2.45, 2.75) is 6.92 Å². The fourth-order valence-corrected chi connectivity index (χ4v) is 3.45. The molecule has 1 aromatic heterocycles. The number of anilines is 4. The van der Waals surface area contributed by atoms with Crippen LogP contribution in [0.1, 0.15) is 6.92 Å². The maximum atomic E-state index is 12.2. The number of carbonyl (C=O) groups is 1. The first-order valence-electron chi connectivity index (χ1n) is 10.4. The molecule has 3 aromatic rings. The number of nitrogens with one attached hydrogen (secondary N) is 2. The van der Waals surface area contributed by atoms with E-state index >= 15 is 0 Å². The molecule has 2 aromatic carbocycles. The molecule has 0 atom stereocenters.